The monoisotopic (exact) mass is 207 g/mol. The number of aromatic nitrogens is 2. The molecule has 1 saturated carbocycles. The van der Waals surface area contributed by atoms with Crippen molar-refractivity contribution in [3.63, 3.8) is 0 Å². The van der Waals surface area contributed by atoms with Crippen LogP contribution in [0.2, 0.25) is 0 Å². The van der Waals surface area contributed by atoms with Gasteiger partial charge in [0.05, 0.1) is 23.8 Å². The average molecular weight is 207 g/mol. The van der Waals surface area contributed by atoms with E-state index in [1.165, 1.54) is 25.0 Å². The number of hydrogen-bond acceptors (Lipinski definition) is 2. The number of hydrogen-bond donors (Lipinski definition) is 1. The minimum atomic E-state index is -0.00486. The lowest BCUT2D eigenvalue weighted by Gasteiger charge is -2.43. The zero-order chi connectivity index (χ0) is 11.1. The zero-order valence-electron chi connectivity index (χ0n) is 10.2. The lowest BCUT2D eigenvalue weighted by molar-refractivity contribution is 0.155. The van der Waals surface area contributed by atoms with Gasteiger partial charge in [0.25, 0.3) is 0 Å². The van der Waals surface area contributed by atoms with Gasteiger partial charge in [-0.2, -0.15) is 0 Å². The molecule has 84 valence electrons. The smallest absolute Gasteiger partial charge is 0.0953 e. The maximum Gasteiger partial charge on any atom is 0.0953 e. The van der Waals surface area contributed by atoms with Gasteiger partial charge in [-0.1, -0.05) is 0 Å². The molecule has 0 bridgehead atoms. The summed E-state index contributed by atoms with van der Waals surface area (Å²) in [6.07, 6.45) is 7.86. The molecule has 0 aromatic carbocycles. The molecule has 0 atom stereocenters. The van der Waals surface area contributed by atoms with Gasteiger partial charge >= 0.3 is 0 Å². The van der Waals surface area contributed by atoms with Gasteiger partial charge in [-0.25, -0.2) is 4.98 Å². The number of imidazole rings is 1. The second-order valence-electron chi connectivity index (χ2n) is 5.37. The van der Waals surface area contributed by atoms with E-state index in [0.29, 0.717) is 5.54 Å². The molecule has 2 rings (SSSR count). The van der Waals surface area contributed by atoms with Crippen LogP contribution in [0.25, 0.3) is 0 Å². The molecule has 0 saturated heterocycles. The van der Waals surface area contributed by atoms with Crippen molar-refractivity contribution in [3.05, 3.63) is 18.2 Å². The molecule has 0 unspecified atom stereocenters. The van der Waals surface area contributed by atoms with Gasteiger partial charge in [0.15, 0.2) is 0 Å². The Kier molecular flexibility index (Phi) is 2.38. The van der Waals surface area contributed by atoms with E-state index in [4.69, 9.17) is 0 Å². The lowest BCUT2D eigenvalue weighted by Crippen LogP contribution is -2.43. The Morgan fingerprint density at radius 1 is 1.47 bits per heavy atom. The van der Waals surface area contributed by atoms with Crippen LogP contribution in [0.1, 0.15) is 45.7 Å². The van der Waals surface area contributed by atoms with Gasteiger partial charge in [0.1, 0.15) is 0 Å². The summed E-state index contributed by atoms with van der Waals surface area (Å²) in [6, 6.07) is 0. The second kappa shape index (κ2) is 3.34. The van der Waals surface area contributed by atoms with E-state index in [0.717, 1.165) is 0 Å². The summed E-state index contributed by atoms with van der Waals surface area (Å²) in [6.45, 7) is 6.72. The Hall–Kier alpha value is -0.830. The van der Waals surface area contributed by atoms with Crippen LogP contribution in [-0.2, 0) is 11.1 Å². The molecule has 1 aliphatic carbocycles. The molecule has 1 aliphatic rings. The van der Waals surface area contributed by atoms with Crippen LogP contribution in [0.3, 0.4) is 0 Å². The molecule has 0 amide bonds. The maximum absolute atomic E-state index is 4.31. The van der Waals surface area contributed by atoms with Gasteiger partial charge in [-0.05, 0) is 47.1 Å². The van der Waals surface area contributed by atoms with Gasteiger partial charge in [0.2, 0.25) is 0 Å². The zero-order valence-corrected chi connectivity index (χ0v) is 10.2. The molecular weight excluding hydrogens is 186 g/mol. The lowest BCUT2D eigenvalue weighted by atomic mass is 9.77. The third kappa shape index (κ3) is 1.59. The second-order valence-corrected chi connectivity index (χ2v) is 5.37. The highest BCUT2D eigenvalue weighted by Gasteiger charge is 2.37. The Bertz CT molecular complexity index is 321. The van der Waals surface area contributed by atoms with E-state index < -0.39 is 0 Å². The number of nitrogens with one attached hydrogen (secondary N) is 1. The van der Waals surface area contributed by atoms with Crippen LogP contribution in [0.5, 0.6) is 0 Å². The highest BCUT2D eigenvalue weighted by molar-refractivity contribution is 5.15. The maximum atomic E-state index is 4.31. The van der Waals surface area contributed by atoms with Crippen LogP contribution in [0.15, 0.2) is 12.5 Å². The molecular formula is C12H21N3. The molecule has 3 heteroatoms. The number of nitrogens with zero attached hydrogens (tertiary/aromatic N) is 2. The molecule has 1 aromatic heterocycles. The Morgan fingerprint density at radius 3 is 2.60 bits per heavy atom. The summed E-state index contributed by atoms with van der Waals surface area (Å²) >= 11 is 0. The molecule has 1 N–H and O–H groups in total. The van der Waals surface area contributed by atoms with Crippen molar-refractivity contribution in [1.29, 1.82) is 0 Å². The van der Waals surface area contributed by atoms with Gasteiger partial charge in [-0.15, -0.1) is 0 Å². The van der Waals surface area contributed by atoms with E-state index in [9.17, 15) is 0 Å². The standard InChI is InChI=1S/C12H21N3/c1-11(2,13-4)10-8-14-9-15(10)12(3)6-5-7-12/h8-9,13H,5-7H2,1-4H3. The van der Waals surface area contributed by atoms with E-state index >= 15 is 0 Å². The van der Waals surface area contributed by atoms with Gasteiger partial charge in [0, 0.05) is 5.54 Å². The van der Waals surface area contributed by atoms with E-state index in [-0.39, 0.29) is 5.54 Å². The van der Waals surface area contributed by atoms with Crippen LogP contribution in [0, 0.1) is 0 Å². The summed E-state index contributed by atoms with van der Waals surface area (Å²) in [4.78, 5) is 4.31. The molecule has 1 aromatic rings. The first kappa shape index (κ1) is 10.7. The predicted octanol–water partition coefficient (Wildman–Crippen LogP) is 2.24. The van der Waals surface area contributed by atoms with Crippen LogP contribution < -0.4 is 5.32 Å². The molecule has 0 radical (unpaired) electrons. The average Bonchev–Trinajstić information content (AvgIpc) is 2.63. The number of rotatable bonds is 3. The fraction of sp³-hybridized carbons (Fsp3) is 0.750. The summed E-state index contributed by atoms with van der Waals surface area (Å²) in [5.41, 5.74) is 1.59. The molecule has 0 aliphatic heterocycles. The third-order valence-electron chi connectivity index (χ3n) is 3.92. The predicted molar refractivity (Wildman–Crippen MR) is 61.8 cm³/mol. The van der Waals surface area contributed by atoms with Crippen molar-refractivity contribution in [2.45, 2.75) is 51.1 Å². The van der Waals surface area contributed by atoms with Crippen molar-refractivity contribution >= 4 is 0 Å². The SMILES string of the molecule is CNC(C)(C)c1cncn1C1(C)CCC1. The van der Waals surface area contributed by atoms with E-state index in [1.807, 2.05) is 19.6 Å². The van der Waals surface area contributed by atoms with Crippen molar-refractivity contribution in [2.75, 3.05) is 7.05 Å². The third-order valence-corrected chi connectivity index (χ3v) is 3.92. The summed E-state index contributed by atoms with van der Waals surface area (Å²) in [5.74, 6) is 0. The fourth-order valence-electron chi connectivity index (χ4n) is 2.25. The van der Waals surface area contributed by atoms with Crippen molar-refractivity contribution in [2.24, 2.45) is 0 Å². The molecule has 0 spiro atoms. The quantitative estimate of drug-likeness (QED) is 0.823. The van der Waals surface area contributed by atoms with Gasteiger partial charge in [-0.3, -0.25) is 0 Å². The van der Waals surface area contributed by atoms with Crippen LogP contribution >= 0.6 is 0 Å². The van der Waals surface area contributed by atoms with Crippen molar-refractivity contribution < 1.29 is 0 Å². The molecule has 3 nitrogen and oxygen atoms in total. The Labute approximate surface area is 91.9 Å². The minimum Gasteiger partial charge on any atom is -0.327 e. The minimum absolute atomic E-state index is 0.00486. The van der Waals surface area contributed by atoms with Crippen LogP contribution in [0.4, 0.5) is 0 Å². The summed E-state index contributed by atoms with van der Waals surface area (Å²) in [5, 5.41) is 3.34. The molecule has 15 heavy (non-hydrogen) atoms. The van der Waals surface area contributed by atoms with Crippen molar-refractivity contribution in [1.82, 2.24) is 14.9 Å². The fourth-order valence-corrected chi connectivity index (χ4v) is 2.25. The first-order valence-corrected chi connectivity index (χ1v) is 5.72. The van der Waals surface area contributed by atoms with Gasteiger partial charge < -0.3 is 9.88 Å². The molecule has 1 fully saturated rings. The Balaban J connectivity index is 2.38. The first-order valence-electron chi connectivity index (χ1n) is 5.72. The molecule has 1 heterocycles. The van der Waals surface area contributed by atoms with Crippen molar-refractivity contribution in [3.8, 4) is 0 Å². The van der Waals surface area contributed by atoms with Crippen LogP contribution in [-0.4, -0.2) is 16.6 Å². The highest BCUT2D eigenvalue weighted by Crippen LogP contribution is 2.40. The van der Waals surface area contributed by atoms with E-state index in [1.54, 1.807) is 0 Å². The Morgan fingerprint density at radius 2 is 2.13 bits per heavy atom. The summed E-state index contributed by atoms with van der Waals surface area (Å²) < 4.78 is 2.35. The normalized spacial score (nSPS) is 20.0. The first-order chi connectivity index (χ1) is 6.99. The largest absolute Gasteiger partial charge is 0.327 e. The van der Waals surface area contributed by atoms with E-state index in [2.05, 4.69) is 35.6 Å². The topological polar surface area (TPSA) is 29.9 Å². The summed E-state index contributed by atoms with van der Waals surface area (Å²) in [7, 11) is 2.00. The highest BCUT2D eigenvalue weighted by atomic mass is 15.2.